The van der Waals surface area contributed by atoms with Crippen molar-refractivity contribution in [2.24, 2.45) is 11.7 Å². The van der Waals surface area contributed by atoms with E-state index in [1.807, 2.05) is 4.90 Å². The number of hydrogen-bond acceptors (Lipinski definition) is 4. The normalized spacial score (nSPS) is 21.6. The fraction of sp³-hybridized carbons (Fsp3) is 0.412. The largest absolute Gasteiger partial charge is 0.481 e. The fourth-order valence-corrected chi connectivity index (χ4v) is 3.30. The molecule has 1 aliphatic heterocycles. The van der Waals surface area contributed by atoms with Crippen LogP contribution < -0.4 is 11.3 Å². The lowest BCUT2D eigenvalue weighted by Crippen LogP contribution is -2.51. The summed E-state index contributed by atoms with van der Waals surface area (Å²) >= 11 is 0. The molecule has 0 amide bonds. The van der Waals surface area contributed by atoms with Crippen molar-refractivity contribution in [2.75, 3.05) is 19.6 Å². The standard InChI is InChI=1S/C17H19F2N3O3/c18-10-7-13(19)11-1-2-16(23)22(15(11)8-10)6-5-21-4-3-14(20)12(9-21)17(24)25/h1-2,7-8,12,14H,3-6,9,20H2,(H,24,25)/t12-,14-/m1/s1. The van der Waals surface area contributed by atoms with E-state index in [4.69, 9.17) is 5.73 Å². The van der Waals surface area contributed by atoms with Gasteiger partial charge < -0.3 is 20.3 Å². The highest BCUT2D eigenvalue weighted by Crippen LogP contribution is 2.19. The van der Waals surface area contributed by atoms with Crippen molar-refractivity contribution >= 4 is 16.9 Å². The number of aliphatic carboxylic acids is 1. The fourth-order valence-electron chi connectivity index (χ4n) is 3.30. The highest BCUT2D eigenvalue weighted by Gasteiger charge is 2.31. The number of carboxylic acid groups (broad SMARTS) is 1. The molecular weight excluding hydrogens is 332 g/mol. The van der Waals surface area contributed by atoms with Crippen molar-refractivity contribution in [3.8, 4) is 0 Å². The molecule has 0 spiro atoms. The Bertz CT molecular complexity index is 868. The van der Waals surface area contributed by atoms with E-state index in [9.17, 15) is 23.5 Å². The van der Waals surface area contributed by atoms with Gasteiger partial charge in [0.2, 0.25) is 0 Å². The van der Waals surface area contributed by atoms with Crippen LogP contribution in [0.2, 0.25) is 0 Å². The van der Waals surface area contributed by atoms with Crippen molar-refractivity contribution < 1.29 is 18.7 Å². The van der Waals surface area contributed by atoms with E-state index in [2.05, 4.69) is 0 Å². The summed E-state index contributed by atoms with van der Waals surface area (Å²) in [6.07, 6.45) is 0.546. The Morgan fingerprint density at radius 1 is 1.28 bits per heavy atom. The molecule has 0 unspecified atom stereocenters. The third-order valence-electron chi connectivity index (χ3n) is 4.73. The maximum atomic E-state index is 13.9. The van der Waals surface area contributed by atoms with E-state index >= 15 is 0 Å². The van der Waals surface area contributed by atoms with Gasteiger partial charge in [0.15, 0.2) is 0 Å². The number of halogens is 2. The van der Waals surface area contributed by atoms with Crippen molar-refractivity contribution in [3.63, 3.8) is 0 Å². The predicted octanol–water partition coefficient (Wildman–Crippen LogP) is 1.01. The molecule has 1 saturated heterocycles. The van der Waals surface area contributed by atoms with Crippen LogP contribution in [0, 0.1) is 17.6 Å². The molecule has 1 fully saturated rings. The second-order valence-corrected chi connectivity index (χ2v) is 6.34. The Morgan fingerprint density at radius 2 is 2.04 bits per heavy atom. The molecule has 2 heterocycles. The Kier molecular flexibility index (Phi) is 4.82. The lowest BCUT2D eigenvalue weighted by Gasteiger charge is -2.34. The summed E-state index contributed by atoms with van der Waals surface area (Å²) in [5, 5.41) is 9.38. The van der Waals surface area contributed by atoms with Gasteiger partial charge in [0, 0.05) is 43.2 Å². The van der Waals surface area contributed by atoms with Crippen LogP contribution >= 0.6 is 0 Å². The first-order valence-corrected chi connectivity index (χ1v) is 8.06. The molecule has 6 nitrogen and oxygen atoms in total. The molecule has 25 heavy (non-hydrogen) atoms. The van der Waals surface area contributed by atoms with E-state index in [0.29, 0.717) is 26.1 Å². The molecule has 0 bridgehead atoms. The van der Waals surface area contributed by atoms with Gasteiger partial charge in [0.25, 0.3) is 5.56 Å². The molecular formula is C17H19F2N3O3. The Balaban J connectivity index is 1.83. The summed E-state index contributed by atoms with van der Waals surface area (Å²) in [6.45, 7) is 1.51. The first-order valence-electron chi connectivity index (χ1n) is 8.06. The number of carbonyl (C=O) groups is 1. The summed E-state index contributed by atoms with van der Waals surface area (Å²) in [7, 11) is 0. The van der Waals surface area contributed by atoms with Gasteiger partial charge in [-0.05, 0) is 25.1 Å². The van der Waals surface area contributed by atoms with Gasteiger partial charge in [-0.1, -0.05) is 0 Å². The molecule has 0 radical (unpaired) electrons. The van der Waals surface area contributed by atoms with E-state index in [-0.39, 0.29) is 23.0 Å². The molecule has 0 saturated carbocycles. The van der Waals surface area contributed by atoms with E-state index < -0.39 is 29.6 Å². The van der Waals surface area contributed by atoms with Crippen LogP contribution in [-0.2, 0) is 11.3 Å². The zero-order valence-corrected chi connectivity index (χ0v) is 13.5. The number of hydrogen-bond donors (Lipinski definition) is 2. The third-order valence-corrected chi connectivity index (χ3v) is 4.73. The molecule has 0 aliphatic carbocycles. The molecule has 8 heteroatoms. The van der Waals surface area contributed by atoms with Crippen LogP contribution in [0.25, 0.3) is 10.9 Å². The summed E-state index contributed by atoms with van der Waals surface area (Å²) < 4.78 is 28.7. The van der Waals surface area contributed by atoms with Crippen LogP contribution in [0.4, 0.5) is 8.78 Å². The summed E-state index contributed by atoms with van der Waals surface area (Å²) in [5.74, 6) is -3.07. The Hall–Kier alpha value is -2.32. The Morgan fingerprint density at radius 3 is 2.76 bits per heavy atom. The van der Waals surface area contributed by atoms with Crippen molar-refractivity contribution in [1.82, 2.24) is 9.47 Å². The predicted molar refractivity (Wildman–Crippen MR) is 88.3 cm³/mol. The minimum absolute atomic E-state index is 0.171. The second-order valence-electron chi connectivity index (χ2n) is 6.34. The second kappa shape index (κ2) is 6.89. The maximum Gasteiger partial charge on any atom is 0.309 e. The number of rotatable bonds is 4. The average molecular weight is 351 g/mol. The minimum atomic E-state index is -0.941. The first-order chi connectivity index (χ1) is 11.9. The molecule has 2 atom stereocenters. The SMILES string of the molecule is N[C@@H]1CCN(CCn2c(=O)ccc3c(F)cc(F)cc32)C[C@H]1C(=O)O. The smallest absolute Gasteiger partial charge is 0.309 e. The maximum absolute atomic E-state index is 13.9. The van der Waals surface area contributed by atoms with Crippen LogP contribution in [0.3, 0.4) is 0 Å². The topological polar surface area (TPSA) is 88.6 Å². The van der Waals surface area contributed by atoms with Gasteiger partial charge in [-0.25, -0.2) is 8.78 Å². The summed E-state index contributed by atoms with van der Waals surface area (Å²) in [5.41, 5.74) is 5.66. The van der Waals surface area contributed by atoms with Gasteiger partial charge >= 0.3 is 5.97 Å². The summed E-state index contributed by atoms with van der Waals surface area (Å²) in [6, 6.07) is 4.10. The van der Waals surface area contributed by atoms with Gasteiger partial charge in [-0.3, -0.25) is 9.59 Å². The molecule has 3 rings (SSSR count). The van der Waals surface area contributed by atoms with E-state index in [1.165, 1.54) is 16.7 Å². The monoisotopic (exact) mass is 351 g/mol. The Labute approximate surface area is 142 Å². The highest BCUT2D eigenvalue weighted by atomic mass is 19.1. The van der Waals surface area contributed by atoms with E-state index in [1.54, 1.807) is 0 Å². The number of nitrogens with two attached hydrogens (primary N) is 1. The number of piperidine rings is 1. The van der Waals surface area contributed by atoms with Crippen LogP contribution in [0.5, 0.6) is 0 Å². The molecule has 134 valence electrons. The number of fused-ring (bicyclic) bond motifs is 1. The molecule has 3 N–H and O–H groups in total. The third kappa shape index (κ3) is 3.54. The number of likely N-dealkylation sites (tertiary alicyclic amines) is 1. The number of nitrogens with zero attached hydrogens (tertiary/aromatic N) is 2. The van der Waals surface area contributed by atoms with Crippen molar-refractivity contribution in [1.29, 1.82) is 0 Å². The van der Waals surface area contributed by atoms with Gasteiger partial charge in [0.05, 0.1) is 11.4 Å². The van der Waals surface area contributed by atoms with Crippen LogP contribution in [0.15, 0.2) is 29.1 Å². The van der Waals surface area contributed by atoms with E-state index in [0.717, 1.165) is 12.1 Å². The lowest BCUT2D eigenvalue weighted by atomic mass is 9.93. The number of carboxylic acids is 1. The van der Waals surface area contributed by atoms with Gasteiger partial charge in [-0.15, -0.1) is 0 Å². The molecule has 1 aromatic carbocycles. The quantitative estimate of drug-likeness (QED) is 0.858. The van der Waals surface area contributed by atoms with Crippen molar-refractivity contribution in [2.45, 2.75) is 19.0 Å². The van der Waals surface area contributed by atoms with Crippen LogP contribution in [-0.4, -0.2) is 46.2 Å². The van der Waals surface area contributed by atoms with Gasteiger partial charge in [0.1, 0.15) is 11.6 Å². The highest BCUT2D eigenvalue weighted by molar-refractivity contribution is 5.79. The van der Waals surface area contributed by atoms with Crippen LogP contribution in [0.1, 0.15) is 6.42 Å². The first kappa shape index (κ1) is 17.5. The zero-order chi connectivity index (χ0) is 18.1. The average Bonchev–Trinajstić information content (AvgIpc) is 2.54. The molecule has 1 aliphatic rings. The summed E-state index contributed by atoms with van der Waals surface area (Å²) in [4.78, 5) is 25.3. The lowest BCUT2D eigenvalue weighted by molar-refractivity contribution is -0.144. The zero-order valence-electron chi connectivity index (χ0n) is 13.5. The number of aromatic nitrogens is 1. The molecule has 1 aromatic heterocycles. The van der Waals surface area contributed by atoms with Crippen molar-refractivity contribution in [3.05, 3.63) is 46.3 Å². The number of benzene rings is 1. The van der Waals surface area contributed by atoms with Gasteiger partial charge in [-0.2, -0.15) is 0 Å². The molecule has 2 aromatic rings. The number of pyridine rings is 1. The minimum Gasteiger partial charge on any atom is -0.481 e.